The number of imidazole rings is 1. The van der Waals surface area contributed by atoms with Gasteiger partial charge in [0.1, 0.15) is 35.3 Å². The van der Waals surface area contributed by atoms with Gasteiger partial charge in [0.25, 0.3) is 0 Å². The Hall–Kier alpha value is -2.54. The van der Waals surface area contributed by atoms with Gasteiger partial charge in [-0.3, -0.25) is 9.55 Å². The molecule has 2 aliphatic rings. The standard InChI is InChI=1S/C22H19N5O4S2/c1-22(30)19(29)12(8-28)31-21(22)27-10-26-17-16(24-9-25-20(17)27)11-6-23-7-15-18(11)33-14-5-3-2-4-13(14)32-15/h2-7,9-10,12,19,21,28-30H,8H2,1H3/t12?,19?,21?,22-/m1/s1. The number of pyridine rings is 1. The van der Waals surface area contributed by atoms with Crippen LogP contribution in [0.5, 0.6) is 0 Å². The highest BCUT2D eigenvalue weighted by molar-refractivity contribution is 8.05. The molecule has 33 heavy (non-hydrogen) atoms. The first-order valence-electron chi connectivity index (χ1n) is 10.3. The molecular weight excluding hydrogens is 462 g/mol. The van der Waals surface area contributed by atoms with Crippen LogP contribution in [0.15, 0.2) is 68.9 Å². The summed E-state index contributed by atoms with van der Waals surface area (Å²) in [5, 5.41) is 30.8. The lowest BCUT2D eigenvalue weighted by Gasteiger charge is -2.27. The summed E-state index contributed by atoms with van der Waals surface area (Å²) in [5.74, 6) is 0. The number of fused-ring (bicyclic) bond motifs is 3. The molecule has 1 aromatic carbocycles. The molecule has 9 nitrogen and oxygen atoms in total. The second-order valence-electron chi connectivity index (χ2n) is 8.09. The summed E-state index contributed by atoms with van der Waals surface area (Å²) in [4.78, 5) is 22.3. The molecule has 6 rings (SSSR count). The number of aliphatic hydroxyl groups excluding tert-OH is 2. The molecule has 1 fully saturated rings. The van der Waals surface area contributed by atoms with Gasteiger partial charge >= 0.3 is 0 Å². The van der Waals surface area contributed by atoms with Crippen molar-refractivity contribution >= 4 is 34.7 Å². The molecule has 168 valence electrons. The van der Waals surface area contributed by atoms with Crippen LogP contribution in [0.2, 0.25) is 0 Å². The van der Waals surface area contributed by atoms with Crippen molar-refractivity contribution in [3.63, 3.8) is 0 Å². The zero-order valence-electron chi connectivity index (χ0n) is 17.4. The molecule has 4 atom stereocenters. The fourth-order valence-electron chi connectivity index (χ4n) is 4.23. The Labute approximate surface area is 196 Å². The number of benzene rings is 1. The first-order valence-corrected chi connectivity index (χ1v) is 11.9. The van der Waals surface area contributed by atoms with Gasteiger partial charge in [-0.15, -0.1) is 0 Å². The highest BCUT2D eigenvalue weighted by atomic mass is 32.2. The average Bonchev–Trinajstić information content (AvgIpc) is 3.35. The van der Waals surface area contributed by atoms with Crippen molar-refractivity contribution in [3.05, 3.63) is 49.3 Å². The molecule has 0 amide bonds. The number of rotatable bonds is 3. The van der Waals surface area contributed by atoms with Crippen molar-refractivity contribution in [3.8, 4) is 11.3 Å². The molecular formula is C22H19N5O4S2. The summed E-state index contributed by atoms with van der Waals surface area (Å²) >= 11 is 3.33. The predicted octanol–water partition coefficient (Wildman–Crippen LogP) is 2.51. The third kappa shape index (κ3) is 3.19. The Morgan fingerprint density at radius 2 is 1.88 bits per heavy atom. The van der Waals surface area contributed by atoms with Crippen molar-refractivity contribution in [1.82, 2.24) is 24.5 Å². The SMILES string of the molecule is C[C@@]1(O)C(O)C(CO)OC1n1cnc2c(-c3cncc4c3Sc3ccccc3S4)ncnc21. The summed E-state index contributed by atoms with van der Waals surface area (Å²) in [5.41, 5.74) is 0.786. The maximum absolute atomic E-state index is 10.9. The molecule has 11 heteroatoms. The predicted molar refractivity (Wildman–Crippen MR) is 121 cm³/mol. The van der Waals surface area contributed by atoms with E-state index in [1.807, 2.05) is 18.3 Å². The van der Waals surface area contributed by atoms with E-state index in [0.717, 1.165) is 20.2 Å². The van der Waals surface area contributed by atoms with Crippen molar-refractivity contribution in [2.24, 2.45) is 0 Å². The third-order valence-corrected chi connectivity index (χ3v) is 8.53. The van der Waals surface area contributed by atoms with E-state index in [1.54, 1.807) is 34.3 Å². The zero-order chi connectivity index (χ0) is 22.7. The van der Waals surface area contributed by atoms with Gasteiger partial charge in [0.2, 0.25) is 0 Å². The Kier molecular flexibility index (Phi) is 4.94. The van der Waals surface area contributed by atoms with E-state index >= 15 is 0 Å². The van der Waals surface area contributed by atoms with Gasteiger partial charge in [-0.2, -0.15) is 0 Å². The molecule has 0 bridgehead atoms. The molecule has 3 unspecified atom stereocenters. The normalized spacial score (nSPS) is 26.4. The smallest absolute Gasteiger partial charge is 0.168 e. The van der Waals surface area contributed by atoms with Crippen LogP contribution in [-0.2, 0) is 4.74 Å². The minimum absolute atomic E-state index is 0.418. The quantitative estimate of drug-likeness (QED) is 0.354. The molecule has 5 heterocycles. The van der Waals surface area contributed by atoms with Crippen LogP contribution in [0.1, 0.15) is 13.2 Å². The van der Waals surface area contributed by atoms with Gasteiger partial charge in [0.05, 0.1) is 12.9 Å². The third-order valence-electron chi connectivity index (χ3n) is 5.95. The molecule has 2 aliphatic heterocycles. The summed E-state index contributed by atoms with van der Waals surface area (Å²) < 4.78 is 7.33. The van der Waals surface area contributed by atoms with Crippen LogP contribution in [0.25, 0.3) is 22.4 Å². The van der Waals surface area contributed by atoms with Crippen molar-refractivity contribution in [2.45, 2.75) is 50.5 Å². The lowest BCUT2D eigenvalue weighted by Crippen LogP contribution is -2.44. The second kappa shape index (κ2) is 7.76. The Morgan fingerprint density at radius 3 is 2.64 bits per heavy atom. The largest absolute Gasteiger partial charge is 0.394 e. The van der Waals surface area contributed by atoms with Gasteiger partial charge in [-0.1, -0.05) is 35.7 Å². The first-order chi connectivity index (χ1) is 16.0. The number of aromatic nitrogens is 5. The van der Waals surface area contributed by atoms with Crippen LogP contribution in [0.3, 0.4) is 0 Å². The summed E-state index contributed by atoms with van der Waals surface area (Å²) in [7, 11) is 0. The van der Waals surface area contributed by atoms with Crippen molar-refractivity contribution in [2.75, 3.05) is 6.61 Å². The molecule has 3 aromatic heterocycles. The van der Waals surface area contributed by atoms with Gasteiger partial charge < -0.3 is 20.1 Å². The van der Waals surface area contributed by atoms with Gasteiger partial charge in [-0.25, -0.2) is 15.0 Å². The number of nitrogens with zero attached hydrogens (tertiary/aromatic N) is 5. The van der Waals surface area contributed by atoms with E-state index in [0.29, 0.717) is 16.9 Å². The molecule has 3 N–H and O–H groups in total. The van der Waals surface area contributed by atoms with Gasteiger partial charge in [0.15, 0.2) is 11.9 Å². The average molecular weight is 482 g/mol. The molecule has 4 aromatic rings. The van der Waals surface area contributed by atoms with Crippen LogP contribution in [0, 0.1) is 0 Å². The molecule has 0 spiro atoms. The minimum Gasteiger partial charge on any atom is -0.394 e. The highest BCUT2D eigenvalue weighted by Crippen LogP contribution is 2.51. The number of hydrogen-bond acceptors (Lipinski definition) is 10. The van der Waals surface area contributed by atoms with Crippen LogP contribution in [-0.4, -0.2) is 64.2 Å². The van der Waals surface area contributed by atoms with E-state index in [9.17, 15) is 15.3 Å². The summed E-state index contributed by atoms with van der Waals surface area (Å²) in [6, 6.07) is 8.22. The Bertz CT molecular complexity index is 1380. The van der Waals surface area contributed by atoms with E-state index < -0.39 is 30.6 Å². The Morgan fingerprint density at radius 1 is 1.09 bits per heavy atom. The zero-order valence-corrected chi connectivity index (χ0v) is 19.0. The summed E-state index contributed by atoms with van der Waals surface area (Å²) in [6.07, 6.45) is 3.42. The maximum Gasteiger partial charge on any atom is 0.168 e. The molecule has 0 aliphatic carbocycles. The maximum atomic E-state index is 10.9. The van der Waals surface area contributed by atoms with Crippen molar-refractivity contribution in [1.29, 1.82) is 0 Å². The fourth-order valence-corrected chi connectivity index (χ4v) is 6.55. The second-order valence-corrected chi connectivity index (χ2v) is 10.2. The van der Waals surface area contributed by atoms with Gasteiger partial charge in [-0.05, 0) is 19.1 Å². The monoisotopic (exact) mass is 481 g/mol. The van der Waals surface area contributed by atoms with E-state index in [4.69, 9.17) is 4.74 Å². The van der Waals surface area contributed by atoms with Crippen LogP contribution < -0.4 is 0 Å². The topological polar surface area (TPSA) is 126 Å². The number of aliphatic hydroxyl groups is 3. The fraction of sp³-hybridized carbons (Fsp3) is 0.273. The van der Waals surface area contributed by atoms with E-state index in [-0.39, 0.29) is 0 Å². The van der Waals surface area contributed by atoms with Gasteiger partial charge in [0, 0.05) is 37.5 Å². The highest BCUT2D eigenvalue weighted by Gasteiger charge is 2.53. The van der Waals surface area contributed by atoms with E-state index in [1.165, 1.54) is 24.5 Å². The van der Waals surface area contributed by atoms with E-state index in [2.05, 4.69) is 32.1 Å². The van der Waals surface area contributed by atoms with Crippen molar-refractivity contribution < 1.29 is 20.1 Å². The Balaban J connectivity index is 1.47. The lowest BCUT2D eigenvalue weighted by atomic mass is 9.96. The van der Waals surface area contributed by atoms with Crippen LogP contribution in [0.4, 0.5) is 0 Å². The molecule has 1 saturated heterocycles. The number of hydrogen-bond donors (Lipinski definition) is 3. The lowest BCUT2D eigenvalue weighted by molar-refractivity contribution is -0.0950. The molecule has 0 radical (unpaired) electrons. The summed E-state index contributed by atoms with van der Waals surface area (Å²) in [6.45, 7) is 1.05. The minimum atomic E-state index is -1.64. The molecule has 0 saturated carbocycles. The first kappa shape index (κ1) is 21.0. The number of ether oxygens (including phenoxy) is 1. The van der Waals surface area contributed by atoms with Crippen LogP contribution >= 0.6 is 23.5 Å².